The Hall–Kier alpha value is -3.41. The SMILES string of the molecule is COc1ccc(C(=O)N2CCC(C(=O)N[C@H](C)c3ccc(F)cc3)CC2)c2ccccc12. The molecule has 4 rings (SSSR count). The Kier molecular flexibility index (Phi) is 6.40. The molecule has 0 bridgehead atoms. The van der Waals surface area contributed by atoms with Gasteiger partial charge in [-0.3, -0.25) is 9.59 Å². The number of carbonyl (C=O) groups excluding carboxylic acids is 2. The molecule has 1 fully saturated rings. The molecule has 0 radical (unpaired) electrons. The number of rotatable bonds is 5. The number of fused-ring (bicyclic) bond motifs is 1. The van der Waals surface area contributed by atoms with E-state index in [1.54, 1.807) is 19.2 Å². The number of ether oxygens (including phenoxy) is 1. The molecule has 0 aromatic heterocycles. The molecule has 1 atom stereocenters. The second kappa shape index (κ2) is 9.39. The summed E-state index contributed by atoms with van der Waals surface area (Å²) in [5.41, 5.74) is 1.51. The van der Waals surface area contributed by atoms with Gasteiger partial charge in [-0.2, -0.15) is 0 Å². The quantitative estimate of drug-likeness (QED) is 0.632. The van der Waals surface area contributed by atoms with Crippen LogP contribution in [0.25, 0.3) is 10.8 Å². The molecule has 1 aliphatic rings. The number of piperidine rings is 1. The number of halogens is 1. The van der Waals surface area contributed by atoms with E-state index in [-0.39, 0.29) is 29.6 Å². The van der Waals surface area contributed by atoms with E-state index in [0.29, 0.717) is 31.5 Å². The second-order valence-corrected chi connectivity index (χ2v) is 8.21. The molecule has 1 aliphatic heterocycles. The minimum absolute atomic E-state index is 0.0242. The maximum absolute atomic E-state index is 13.2. The predicted molar refractivity (Wildman–Crippen MR) is 122 cm³/mol. The zero-order valence-electron chi connectivity index (χ0n) is 18.3. The van der Waals surface area contributed by atoms with Crippen molar-refractivity contribution in [2.45, 2.75) is 25.8 Å². The first-order chi connectivity index (χ1) is 15.5. The van der Waals surface area contributed by atoms with Crippen LogP contribution in [0.3, 0.4) is 0 Å². The number of likely N-dealkylation sites (tertiary alicyclic amines) is 1. The van der Waals surface area contributed by atoms with Crippen molar-refractivity contribution >= 4 is 22.6 Å². The molecule has 2 amide bonds. The van der Waals surface area contributed by atoms with Crippen molar-refractivity contribution < 1.29 is 18.7 Å². The Labute approximate surface area is 187 Å². The molecule has 1 N–H and O–H groups in total. The van der Waals surface area contributed by atoms with Gasteiger partial charge in [-0.05, 0) is 55.0 Å². The first kappa shape index (κ1) is 21.8. The van der Waals surface area contributed by atoms with Crippen molar-refractivity contribution in [3.8, 4) is 5.75 Å². The van der Waals surface area contributed by atoms with E-state index < -0.39 is 0 Å². The zero-order chi connectivity index (χ0) is 22.7. The maximum Gasteiger partial charge on any atom is 0.254 e. The number of benzene rings is 3. The van der Waals surface area contributed by atoms with Crippen molar-refractivity contribution in [2.24, 2.45) is 5.92 Å². The molecule has 166 valence electrons. The van der Waals surface area contributed by atoms with Gasteiger partial charge in [-0.25, -0.2) is 4.39 Å². The fourth-order valence-electron chi connectivity index (χ4n) is 4.32. The highest BCUT2D eigenvalue weighted by Crippen LogP contribution is 2.30. The van der Waals surface area contributed by atoms with Crippen LogP contribution in [0, 0.1) is 11.7 Å². The lowest BCUT2D eigenvalue weighted by Crippen LogP contribution is -2.43. The van der Waals surface area contributed by atoms with Gasteiger partial charge in [-0.15, -0.1) is 0 Å². The molecule has 0 saturated carbocycles. The van der Waals surface area contributed by atoms with E-state index in [0.717, 1.165) is 22.1 Å². The summed E-state index contributed by atoms with van der Waals surface area (Å²) >= 11 is 0. The molecule has 0 spiro atoms. The Morgan fingerprint density at radius 3 is 2.31 bits per heavy atom. The average Bonchev–Trinajstić information content (AvgIpc) is 2.83. The Bertz CT molecular complexity index is 1120. The van der Waals surface area contributed by atoms with Crippen LogP contribution in [0.5, 0.6) is 5.75 Å². The largest absolute Gasteiger partial charge is 0.496 e. The summed E-state index contributed by atoms with van der Waals surface area (Å²) < 4.78 is 18.6. The van der Waals surface area contributed by atoms with Crippen molar-refractivity contribution in [2.75, 3.05) is 20.2 Å². The summed E-state index contributed by atoms with van der Waals surface area (Å²) in [6.07, 6.45) is 1.23. The van der Waals surface area contributed by atoms with E-state index in [1.807, 2.05) is 48.2 Å². The molecule has 5 nitrogen and oxygen atoms in total. The molecule has 32 heavy (non-hydrogen) atoms. The lowest BCUT2D eigenvalue weighted by Gasteiger charge is -2.32. The molecule has 6 heteroatoms. The van der Waals surface area contributed by atoms with E-state index in [2.05, 4.69) is 5.32 Å². The van der Waals surface area contributed by atoms with Crippen LogP contribution in [0.2, 0.25) is 0 Å². The maximum atomic E-state index is 13.2. The van der Waals surface area contributed by atoms with Crippen LogP contribution in [0.15, 0.2) is 60.7 Å². The standard InChI is InChI=1S/C26H27FN2O3/c1-17(18-7-9-20(27)10-8-18)28-25(30)19-13-15-29(16-14-19)26(31)23-11-12-24(32-2)22-6-4-3-5-21(22)23/h3-12,17,19H,13-16H2,1-2H3,(H,28,30)/t17-/m1/s1. The van der Waals surface area contributed by atoms with Gasteiger partial charge in [0.15, 0.2) is 0 Å². The van der Waals surface area contributed by atoms with Crippen molar-refractivity contribution in [3.63, 3.8) is 0 Å². The average molecular weight is 435 g/mol. The van der Waals surface area contributed by atoms with Crippen LogP contribution in [0.4, 0.5) is 4.39 Å². The van der Waals surface area contributed by atoms with E-state index in [1.165, 1.54) is 12.1 Å². The lowest BCUT2D eigenvalue weighted by molar-refractivity contribution is -0.126. The van der Waals surface area contributed by atoms with Crippen LogP contribution in [-0.4, -0.2) is 36.9 Å². The van der Waals surface area contributed by atoms with Gasteiger partial charge in [0, 0.05) is 30.0 Å². The Balaban J connectivity index is 1.39. The molecule has 3 aromatic rings. The number of hydrogen-bond acceptors (Lipinski definition) is 3. The van der Waals surface area contributed by atoms with Crippen molar-refractivity contribution in [1.82, 2.24) is 10.2 Å². The molecular weight excluding hydrogens is 407 g/mol. The van der Waals surface area contributed by atoms with Crippen LogP contribution in [0.1, 0.15) is 41.7 Å². The number of methoxy groups -OCH3 is 1. The number of nitrogens with zero attached hydrogens (tertiary/aromatic N) is 1. The van der Waals surface area contributed by atoms with Gasteiger partial charge in [0.05, 0.1) is 13.2 Å². The van der Waals surface area contributed by atoms with Gasteiger partial charge in [0.2, 0.25) is 5.91 Å². The molecule has 0 aliphatic carbocycles. The van der Waals surface area contributed by atoms with Gasteiger partial charge < -0.3 is 15.0 Å². The topological polar surface area (TPSA) is 58.6 Å². The number of amides is 2. The van der Waals surface area contributed by atoms with Crippen molar-refractivity contribution in [1.29, 1.82) is 0 Å². The fraction of sp³-hybridized carbons (Fsp3) is 0.308. The second-order valence-electron chi connectivity index (χ2n) is 8.21. The van der Waals surface area contributed by atoms with Gasteiger partial charge in [0.25, 0.3) is 5.91 Å². The molecule has 1 saturated heterocycles. The first-order valence-electron chi connectivity index (χ1n) is 10.9. The molecular formula is C26H27FN2O3. The minimum Gasteiger partial charge on any atom is -0.496 e. The summed E-state index contributed by atoms with van der Waals surface area (Å²) in [4.78, 5) is 27.8. The van der Waals surface area contributed by atoms with Crippen LogP contribution >= 0.6 is 0 Å². The highest BCUT2D eigenvalue weighted by atomic mass is 19.1. The lowest BCUT2D eigenvalue weighted by atomic mass is 9.94. The third-order valence-corrected chi connectivity index (χ3v) is 6.22. The summed E-state index contributed by atoms with van der Waals surface area (Å²) in [7, 11) is 1.62. The van der Waals surface area contributed by atoms with E-state index in [9.17, 15) is 14.0 Å². The van der Waals surface area contributed by atoms with E-state index in [4.69, 9.17) is 4.74 Å². The zero-order valence-corrected chi connectivity index (χ0v) is 18.3. The highest BCUT2D eigenvalue weighted by Gasteiger charge is 2.29. The molecule has 1 heterocycles. The highest BCUT2D eigenvalue weighted by molar-refractivity contribution is 6.08. The molecule has 3 aromatic carbocycles. The van der Waals surface area contributed by atoms with Gasteiger partial charge in [0.1, 0.15) is 11.6 Å². The summed E-state index contributed by atoms with van der Waals surface area (Å²) in [5, 5.41) is 4.79. The smallest absolute Gasteiger partial charge is 0.254 e. The number of carbonyl (C=O) groups is 2. The number of hydrogen-bond donors (Lipinski definition) is 1. The third kappa shape index (κ3) is 4.44. The Morgan fingerprint density at radius 2 is 1.66 bits per heavy atom. The van der Waals surface area contributed by atoms with Gasteiger partial charge in [-0.1, -0.05) is 36.4 Å². The van der Waals surface area contributed by atoms with Crippen LogP contribution in [-0.2, 0) is 4.79 Å². The van der Waals surface area contributed by atoms with Crippen LogP contribution < -0.4 is 10.1 Å². The normalized spacial score (nSPS) is 15.4. The van der Waals surface area contributed by atoms with E-state index >= 15 is 0 Å². The minimum atomic E-state index is -0.297. The number of nitrogens with one attached hydrogen (secondary N) is 1. The predicted octanol–water partition coefficient (Wildman–Crippen LogP) is 4.72. The van der Waals surface area contributed by atoms with Gasteiger partial charge >= 0.3 is 0 Å². The fourth-order valence-corrected chi connectivity index (χ4v) is 4.32. The summed E-state index contributed by atoms with van der Waals surface area (Å²) in [5.74, 6) is 0.248. The summed E-state index contributed by atoms with van der Waals surface area (Å²) in [6, 6.07) is 17.3. The Morgan fingerprint density at radius 1 is 1.00 bits per heavy atom. The third-order valence-electron chi connectivity index (χ3n) is 6.22. The van der Waals surface area contributed by atoms with Crippen molar-refractivity contribution in [3.05, 3.63) is 77.6 Å². The summed E-state index contributed by atoms with van der Waals surface area (Å²) in [6.45, 7) is 2.95. The molecule has 0 unspecified atom stereocenters. The monoisotopic (exact) mass is 434 g/mol. The first-order valence-corrected chi connectivity index (χ1v) is 10.9.